The van der Waals surface area contributed by atoms with Crippen LogP contribution in [0.2, 0.25) is 0 Å². The van der Waals surface area contributed by atoms with E-state index in [0.29, 0.717) is 6.04 Å². The molecule has 0 radical (unpaired) electrons. The zero-order valence-electron chi connectivity index (χ0n) is 11.8. The molecule has 0 amide bonds. The first kappa shape index (κ1) is 13.8. The molecule has 2 fully saturated rings. The first-order valence-electron chi connectivity index (χ1n) is 7.69. The van der Waals surface area contributed by atoms with Gasteiger partial charge in [0, 0.05) is 12.0 Å². The Morgan fingerprint density at radius 1 is 1.25 bits per heavy atom. The summed E-state index contributed by atoms with van der Waals surface area (Å²) in [5.74, 6) is 0.884. The molecular weight excluding hydrogens is 251 g/mol. The van der Waals surface area contributed by atoms with E-state index in [1.54, 1.807) is 6.08 Å². The molecule has 0 bridgehead atoms. The lowest BCUT2D eigenvalue weighted by Gasteiger charge is -2.22. The molecule has 2 N–H and O–H groups in total. The van der Waals surface area contributed by atoms with E-state index in [0.717, 1.165) is 37.5 Å². The van der Waals surface area contributed by atoms with E-state index in [4.69, 9.17) is 0 Å². The largest absolute Gasteiger partial charge is 0.317 e. The van der Waals surface area contributed by atoms with Crippen LogP contribution in [0.5, 0.6) is 0 Å². The van der Waals surface area contributed by atoms with Crippen molar-refractivity contribution in [3.05, 3.63) is 41.7 Å². The normalized spacial score (nSPS) is 27.6. The Morgan fingerprint density at radius 3 is 2.75 bits per heavy atom. The number of benzene rings is 1. The number of nitrogens with one attached hydrogen (secondary N) is 2. The van der Waals surface area contributed by atoms with Gasteiger partial charge in [0.25, 0.3) is 0 Å². The number of piperidine rings is 1. The maximum absolute atomic E-state index is 14.1. The van der Waals surface area contributed by atoms with Crippen LogP contribution in [0.4, 0.5) is 4.39 Å². The van der Waals surface area contributed by atoms with Crippen molar-refractivity contribution in [1.29, 1.82) is 0 Å². The van der Waals surface area contributed by atoms with Crippen molar-refractivity contribution in [2.75, 3.05) is 19.6 Å². The summed E-state index contributed by atoms with van der Waals surface area (Å²) in [6.07, 6.45) is 5.11. The molecule has 2 atom stereocenters. The van der Waals surface area contributed by atoms with E-state index in [9.17, 15) is 4.39 Å². The van der Waals surface area contributed by atoms with Gasteiger partial charge in [0.2, 0.25) is 0 Å². The predicted molar refractivity (Wildman–Crippen MR) is 81.0 cm³/mol. The van der Waals surface area contributed by atoms with Gasteiger partial charge in [0.15, 0.2) is 0 Å². The summed E-state index contributed by atoms with van der Waals surface area (Å²) in [5.41, 5.74) is 0.953. The van der Waals surface area contributed by atoms with Gasteiger partial charge in [-0.25, -0.2) is 4.39 Å². The van der Waals surface area contributed by atoms with E-state index in [-0.39, 0.29) is 11.7 Å². The maximum atomic E-state index is 14.1. The Morgan fingerprint density at radius 2 is 2.00 bits per heavy atom. The van der Waals surface area contributed by atoms with Crippen LogP contribution in [-0.4, -0.2) is 25.7 Å². The van der Waals surface area contributed by atoms with Gasteiger partial charge in [-0.05, 0) is 56.5 Å². The third-order valence-corrected chi connectivity index (χ3v) is 4.38. The van der Waals surface area contributed by atoms with Crippen LogP contribution >= 0.6 is 0 Å². The first-order valence-corrected chi connectivity index (χ1v) is 7.69. The summed E-state index contributed by atoms with van der Waals surface area (Å²) in [4.78, 5) is 0. The smallest absolute Gasteiger partial charge is 0.105 e. The average Bonchev–Trinajstić information content (AvgIpc) is 3.27. The predicted octanol–water partition coefficient (Wildman–Crippen LogP) is 2.97. The van der Waals surface area contributed by atoms with Gasteiger partial charge in [-0.2, -0.15) is 0 Å². The summed E-state index contributed by atoms with van der Waals surface area (Å²) >= 11 is 0. The Hall–Kier alpha value is -1.19. The van der Waals surface area contributed by atoms with Gasteiger partial charge in [-0.1, -0.05) is 30.3 Å². The standard InChI is InChI=1S/C17H23FN2/c18-16(10-13-4-2-1-3-5-13)15-11-17(15)20-12-14-6-8-19-9-7-14/h1-5,10,14-15,17,19-20H,6-9,11-12H2/b16-10-. The molecule has 1 saturated heterocycles. The highest BCUT2D eigenvalue weighted by Gasteiger charge is 2.40. The summed E-state index contributed by atoms with van der Waals surface area (Å²) < 4.78 is 14.1. The third kappa shape index (κ3) is 3.68. The van der Waals surface area contributed by atoms with Gasteiger partial charge in [0.05, 0.1) is 0 Å². The van der Waals surface area contributed by atoms with Crippen molar-refractivity contribution < 1.29 is 4.39 Å². The van der Waals surface area contributed by atoms with Crippen LogP contribution in [0.15, 0.2) is 36.2 Å². The molecule has 0 spiro atoms. The first-order chi connectivity index (χ1) is 9.83. The highest BCUT2D eigenvalue weighted by molar-refractivity contribution is 5.52. The Balaban J connectivity index is 1.45. The van der Waals surface area contributed by atoms with E-state index in [2.05, 4.69) is 10.6 Å². The fourth-order valence-electron chi connectivity index (χ4n) is 2.94. The second-order valence-electron chi connectivity index (χ2n) is 5.99. The van der Waals surface area contributed by atoms with Crippen LogP contribution in [0.1, 0.15) is 24.8 Å². The van der Waals surface area contributed by atoms with Crippen molar-refractivity contribution in [2.45, 2.75) is 25.3 Å². The monoisotopic (exact) mass is 274 g/mol. The molecule has 0 aromatic heterocycles. The lowest BCUT2D eigenvalue weighted by molar-refractivity contribution is 0.353. The lowest BCUT2D eigenvalue weighted by atomic mass is 9.98. The molecule has 1 aliphatic carbocycles. The second kappa shape index (κ2) is 6.51. The molecule has 1 aromatic rings. The molecule has 1 saturated carbocycles. The van der Waals surface area contributed by atoms with Crippen molar-refractivity contribution in [3.63, 3.8) is 0 Å². The van der Waals surface area contributed by atoms with Gasteiger partial charge < -0.3 is 10.6 Å². The Kier molecular flexibility index (Phi) is 4.48. The molecule has 1 aromatic carbocycles. The molecular formula is C17H23FN2. The third-order valence-electron chi connectivity index (χ3n) is 4.38. The summed E-state index contributed by atoms with van der Waals surface area (Å²) in [6.45, 7) is 3.30. The zero-order valence-corrected chi connectivity index (χ0v) is 11.8. The van der Waals surface area contributed by atoms with Crippen LogP contribution in [0.25, 0.3) is 6.08 Å². The highest BCUT2D eigenvalue weighted by atomic mass is 19.1. The molecule has 1 heterocycles. The van der Waals surface area contributed by atoms with Crippen molar-refractivity contribution in [2.24, 2.45) is 11.8 Å². The van der Waals surface area contributed by atoms with E-state index in [1.165, 1.54) is 12.8 Å². The second-order valence-corrected chi connectivity index (χ2v) is 5.99. The molecule has 2 aliphatic rings. The van der Waals surface area contributed by atoms with E-state index >= 15 is 0 Å². The average molecular weight is 274 g/mol. The van der Waals surface area contributed by atoms with Crippen molar-refractivity contribution in [3.8, 4) is 0 Å². The van der Waals surface area contributed by atoms with E-state index < -0.39 is 0 Å². The number of hydrogen-bond acceptors (Lipinski definition) is 2. The zero-order chi connectivity index (χ0) is 13.8. The maximum Gasteiger partial charge on any atom is 0.105 e. The minimum atomic E-state index is 0.0269. The van der Waals surface area contributed by atoms with Gasteiger partial charge in [-0.15, -0.1) is 0 Å². The molecule has 3 rings (SSSR count). The van der Waals surface area contributed by atoms with Gasteiger partial charge in [0.1, 0.15) is 5.83 Å². The SMILES string of the molecule is F/C(=C\c1ccccc1)C1CC1NCC1CCNCC1. The fourth-order valence-corrected chi connectivity index (χ4v) is 2.94. The Bertz CT molecular complexity index is 451. The van der Waals surface area contributed by atoms with Crippen molar-refractivity contribution in [1.82, 2.24) is 10.6 Å². The van der Waals surface area contributed by atoms with Crippen molar-refractivity contribution >= 4 is 6.08 Å². The van der Waals surface area contributed by atoms with Gasteiger partial charge in [-0.3, -0.25) is 0 Å². The molecule has 2 nitrogen and oxygen atoms in total. The minimum Gasteiger partial charge on any atom is -0.317 e. The summed E-state index contributed by atoms with van der Waals surface area (Å²) in [6, 6.07) is 10.1. The topological polar surface area (TPSA) is 24.1 Å². The summed E-state index contributed by atoms with van der Waals surface area (Å²) in [7, 11) is 0. The van der Waals surface area contributed by atoms with Crippen LogP contribution in [0.3, 0.4) is 0 Å². The van der Waals surface area contributed by atoms with Crippen LogP contribution in [0, 0.1) is 11.8 Å². The number of halogens is 1. The summed E-state index contributed by atoms with van der Waals surface area (Å²) in [5, 5.41) is 6.91. The minimum absolute atomic E-state index is 0.0269. The molecule has 2 unspecified atom stereocenters. The quantitative estimate of drug-likeness (QED) is 0.862. The lowest BCUT2D eigenvalue weighted by Crippen LogP contribution is -2.34. The van der Waals surface area contributed by atoms with Crippen LogP contribution in [-0.2, 0) is 0 Å². The van der Waals surface area contributed by atoms with Crippen LogP contribution < -0.4 is 10.6 Å². The number of hydrogen-bond donors (Lipinski definition) is 2. The van der Waals surface area contributed by atoms with E-state index in [1.807, 2.05) is 30.3 Å². The molecule has 20 heavy (non-hydrogen) atoms. The molecule has 3 heteroatoms. The van der Waals surface area contributed by atoms with Gasteiger partial charge >= 0.3 is 0 Å². The molecule has 1 aliphatic heterocycles. The Labute approximate surface area is 120 Å². The highest BCUT2D eigenvalue weighted by Crippen LogP contribution is 2.39. The molecule has 108 valence electrons. The number of rotatable bonds is 5. The fraction of sp³-hybridized carbons (Fsp3) is 0.529.